The lowest BCUT2D eigenvalue weighted by Crippen LogP contribution is -2.39. The molecule has 0 aliphatic rings. The van der Waals surface area contributed by atoms with Crippen LogP contribution in [0.15, 0.2) is 24.3 Å². The van der Waals surface area contributed by atoms with Crippen LogP contribution in [-0.2, 0) is 4.79 Å². The molecule has 0 aliphatic heterocycles. The Hall–Kier alpha value is -1.88. The average Bonchev–Trinajstić information content (AvgIpc) is 2.49. The SMILES string of the molecule is CCC(CCO)CNC(=O)CNC(=O)c1ccc(C)cc1. The van der Waals surface area contributed by atoms with Crippen molar-refractivity contribution in [1.82, 2.24) is 10.6 Å². The van der Waals surface area contributed by atoms with Gasteiger partial charge in [-0.25, -0.2) is 0 Å². The topological polar surface area (TPSA) is 78.4 Å². The largest absolute Gasteiger partial charge is 0.396 e. The number of aliphatic hydroxyl groups excluding tert-OH is 1. The molecule has 3 N–H and O–H groups in total. The molecule has 1 aromatic carbocycles. The molecule has 2 amide bonds. The van der Waals surface area contributed by atoms with E-state index in [9.17, 15) is 9.59 Å². The molecule has 0 saturated heterocycles. The fourth-order valence-corrected chi connectivity index (χ4v) is 1.92. The van der Waals surface area contributed by atoms with Gasteiger partial charge >= 0.3 is 0 Å². The van der Waals surface area contributed by atoms with Crippen molar-refractivity contribution in [2.24, 2.45) is 5.92 Å². The average molecular weight is 292 g/mol. The van der Waals surface area contributed by atoms with Crippen LogP contribution in [0.4, 0.5) is 0 Å². The van der Waals surface area contributed by atoms with Crippen molar-refractivity contribution in [3.63, 3.8) is 0 Å². The van der Waals surface area contributed by atoms with Crippen LogP contribution in [0.3, 0.4) is 0 Å². The minimum absolute atomic E-state index is 0.0394. The Labute approximate surface area is 125 Å². The first-order valence-corrected chi connectivity index (χ1v) is 7.29. The van der Waals surface area contributed by atoms with Crippen molar-refractivity contribution in [3.05, 3.63) is 35.4 Å². The monoisotopic (exact) mass is 292 g/mol. The molecule has 5 heteroatoms. The maximum absolute atomic E-state index is 11.8. The van der Waals surface area contributed by atoms with E-state index in [0.29, 0.717) is 18.5 Å². The number of amides is 2. The highest BCUT2D eigenvalue weighted by atomic mass is 16.3. The van der Waals surface area contributed by atoms with Crippen LogP contribution in [0.2, 0.25) is 0 Å². The zero-order valence-corrected chi connectivity index (χ0v) is 12.7. The Morgan fingerprint density at radius 3 is 2.43 bits per heavy atom. The van der Waals surface area contributed by atoms with Gasteiger partial charge in [0.1, 0.15) is 0 Å². The molecule has 1 unspecified atom stereocenters. The molecular formula is C16H24N2O3. The van der Waals surface area contributed by atoms with Crippen LogP contribution in [0.5, 0.6) is 0 Å². The van der Waals surface area contributed by atoms with Gasteiger partial charge in [0.25, 0.3) is 5.91 Å². The maximum atomic E-state index is 11.8. The van der Waals surface area contributed by atoms with Crippen molar-refractivity contribution in [2.75, 3.05) is 19.7 Å². The number of aryl methyl sites for hydroxylation is 1. The van der Waals surface area contributed by atoms with E-state index in [1.54, 1.807) is 12.1 Å². The molecule has 0 aromatic heterocycles. The van der Waals surface area contributed by atoms with Crippen LogP contribution in [0.25, 0.3) is 0 Å². The summed E-state index contributed by atoms with van der Waals surface area (Å²) in [4.78, 5) is 23.5. The number of carbonyl (C=O) groups is 2. The highest BCUT2D eigenvalue weighted by Gasteiger charge is 2.10. The van der Waals surface area contributed by atoms with E-state index in [0.717, 1.165) is 12.0 Å². The lowest BCUT2D eigenvalue weighted by molar-refractivity contribution is -0.120. The van der Waals surface area contributed by atoms with Gasteiger partial charge in [0.05, 0.1) is 6.54 Å². The summed E-state index contributed by atoms with van der Waals surface area (Å²) >= 11 is 0. The van der Waals surface area contributed by atoms with E-state index in [1.165, 1.54) is 0 Å². The lowest BCUT2D eigenvalue weighted by Gasteiger charge is -2.14. The summed E-state index contributed by atoms with van der Waals surface area (Å²) in [5.74, 6) is -0.203. The number of carbonyl (C=O) groups excluding carboxylic acids is 2. The van der Waals surface area contributed by atoms with Crippen LogP contribution in [-0.4, -0.2) is 36.6 Å². The molecule has 0 spiro atoms. The third kappa shape index (κ3) is 6.40. The predicted molar refractivity (Wildman–Crippen MR) is 82.0 cm³/mol. The molecule has 0 aliphatic carbocycles. The van der Waals surface area contributed by atoms with Gasteiger partial charge in [-0.1, -0.05) is 31.0 Å². The van der Waals surface area contributed by atoms with Gasteiger partial charge in [0.2, 0.25) is 5.91 Å². The fraction of sp³-hybridized carbons (Fsp3) is 0.500. The van der Waals surface area contributed by atoms with Gasteiger partial charge in [0.15, 0.2) is 0 Å². The molecular weight excluding hydrogens is 268 g/mol. The number of rotatable bonds is 8. The van der Waals surface area contributed by atoms with Gasteiger partial charge in [-0.3, -0.25) is 9.59 Å². The number of hydrogen-bond acceptors (Lipinski definition) is 3. The van der Waals surface area contributed by atoms with Crippen LogP contribution >= 0.6 is 0 Å². The normalized spacial score (nSPS) is 11.8. The molecule has 1 rings (SSSR count). The van der Waals surface area contributed by atoms with Crippen molar-refractivity contribution >= 4 is 11.8 Å². The second kappa shape index (κ2) is 9.13. The first-order chi connectivity index (χ1) is 10.1. The number of aliphatic hydroxyl groups is 1. The third-order valence-corrected chi connectivity index (χ3v) is 3.43. The Kier molecular flexibility index (Phi) is 7.46. The Bertz CT molecular complexity index is 457. The minimum Gasteiger partial charge on any atom is -0.396 e. The Morgan fingerprint density at radius 1 is 1.19 bits per heavy atom. The van der Waals surface area contributed by atoms with E-state index in [4.69, 9.17) is 5.11 Å². The number of benzene rings is 1. The van der Waals surface area contributed by atoms with Crippen molar-refractivity contribution in [3.8, 4) is 0 Å². The molecule has 21 heavy (non-hydrogen) atoms. The molecule has 0 bridgehead atoms. The summed E-state index contributed by atoms with van der Waals surface area (Å²) in [6, 6.07) is 7.18. The number of nitrogens with one attached hydrogen (secondary N) is 2. The Morgan fingerprint density at radius 2 is 1.86 bits per heavy atom. The molecule has 1 aromatic rings. The summed E-state index contributed by atoms with van der Waals surface area (Å²) in [5, 5.41) is 14.2. The Balaban J connectivity index is 2.32. The molecule has 1 atom stereocenters. The lowest BCUT2D eigenvalue weighted by atomic mass is 10.0. The second-order valence-electron chi connectivity index (χ2n) is 5.14. The second-order valence-corrected chi connectivity index (χ2v) is 5.14. The molecule has 0 heterocycles. The summed E-state index contributed by atoms with van der Waals surface area (Å²) in [5.41, 5.74) is 1.62. The molecule has 0 fully saturated rings. The van der Waals surface area contributed by atoms with Crippen LogP contribution in [0.1, 0.15) is 35.7 Å². The van der Waals surface area contributed by atoms with Gasteiger partial charge in [0, 0.05) is 18.7 Å². The van der Waals surface area contributed by atoms with Crippen LogP contribution < -0.4 is 10.6 Å². The quantitative estimate of drug-likeness (QED) is 0.675. The fourth-order valence-electron chi connectivity index (χ4n) is 1.92. The van der Waals surface area contributed by atoms with Crippen molar-refractivity contribution < 1.29 is 14.7 Å². The highest BCUT2D eigenvalue weighted by molar-refractivity contribution is 5.96. The zero-order chi connectivity index (χ0) is 15.7. The van der Waals surface area contributed by atoms with Crippen molar-refractivity contribution in [1.29, 1.82) is 0 Å². The van der Waals surface area contributed by atoms with E-state index in [1.807, 2.05) is 26.0 Å². The first kappa shape index (κ1) is 17.2. The predicted octanol–water partition coefficient (Wildman–Crippen LogP) is 1.25. The third-order valence-electron chi connectivity index (χ3n) is 3.43. The van der Waals surface area contributed by atoms with E-state index >= 15 is 0 Å². The molecule has 116 valence electrons. The minimum atomic E-state index is -0.257. The van der Waals surface area contributed by atoms with Gasteiger partial charge in [-0.05, 0) is 31.4 Å². The van der Waals surface area contributed by atoms with Gasteiger partial charge in [-0.2, -0.15) is 0 Å². The summed E-state index contributed by atoms with van der Waals surface area (Å²) < 4.78 is 0. The first-order valence-electron chi connectivity index (χ1n) is 7.29. The van der Waals surface area contributed by atoms with Gasteiger partial charge < -0.3 is 15.7 Å². The highest BCUT2D eigenvalue weighted by Crippen LogP contribution is 2.05. The molecule has 5 nitrogen and oxygen atoms in total. The summed E-state index contributed by atoms with van der Waals surface area (Å²) in [7, 11) is 0. The molecule has 0 saturated carbocycles. The van der Waals surface area contributed by atoms with Gasteiger partial charge in [-0.15, -0.1) is 0 Å². The van der Waals surface area contributed by atoms with E-state index in [2.05, 4.69) is 10.6 Å². The van der Waals surface area contributed by atoms with E-state index < -0.39 is 0 Å². The smallest absolute Gasteiger partial charge is 0.251 e. The zero-order valence-electron chi connectivity index (χ0n) is 12.7. The number of hydrogen-bond donors (Lipinski definition) is 3. The summed E-state index contributed by atoms with van der Waals surface area (Å²) in [6.45, 7) is 4.58. The van der Waals surface area contributed by atoms with E-state index in [-0.39, 0.29) is 30.9 Å². The van der Waals surface area contributed by atoms with Crippen LogP contribution in [0, 0.1) is 12.8 Å². The maximum Gasteiger partial charge on any atom is 0.251 e. The standard InChI is InChI=1S/C16H24N2O3/c1-3-13(8-9-19)10-17-15(20)11-18-16(21)14-6-4-12(2)5-7-14/h4-7,13,19H,3,8-11H2,1-2H3,(H,17,20)(H,18,21). The molecule has 0 radical (unpaired) electrons. The summed E-state index contributed by atoms with van der Waals surface area (Å²) in [6.07, 6.45) is 1.57. The van der Waals surface area contributed by atoms with Crippen molar-refractivity contribution in [2.45, 2.75) is 26.7 Å².